The first-order valence-corrected chi connectivity index (χ1v) is 6.84. The summed E-state index contributed by atoms with van der Waals surface area (Å²) in [5, 5.41) is 15.6. The first-order chi connectivity index (χ1) is 8.13. The predicted molar refractivity (Wildman–Crippen MR) is 72.1 cm³/mol. The van der Waals surface area contributed by atoms with Crippen LogP contribution in [0, 0.1) is 0 Å². The summed E-state index contributed by atoms with van der Waals surface area (Å²) in [7, 11) is 0. The molecule has 98 valence electrons. The van der Waals surface area contributed by atoms with Gasteiger partial charge in [-0.2, -0.15) is 0 Å². The summed E-state index contributed by atoms with van der Waals surface area (Å²) < 4.78 is 0. The van der Waals surface area contributed by atoms with E-state index in [1.807, 2.05) is 6.92 Å². The van der Waals surface area contributed by atoms with Crippen molar-refractivity contribution >= 4 is 23.3 Å². The number of hydrogen-bond acceptors (Lipinski definition) is 2. The summed E-state index contributed by atoms with van der Waals surface area (Å²) in [6.45, 7) is 1.97. The fourth-order valence-electron chi connectivity index (χ4n) is 2.18. The maximum atomic E-state index is 11.0. The number of thiocarbonyl (C=S) groups is 1. The Morgan fingerprint density at radius 3 is 2.59 bits per heavy atom. The van der Waals surface area contributed by atoms with E-state index in [0.717, 1.165) is 19.3 Å². The molecule has 0 aromatic rings. The first kappa shape index (κ1) is 14.2. The normalized spacial score (nSPS) is 18.4. The molecule has 0 aromatic heterocycles. The van der Waals surface area contributed by atoms with Gasteiger partial charge in [-0.25, -0.2) is 4.79 Å². The fraction of sp³-hybridized carbons (Fsp3) is 0.833. The lowest BCUT2D eigenvalue weighted by Gasteiger charge is -2.25. The van der Waals surface area contributed by atoms with E-state index in [0.29, 0.717) is 17.6 Å². The van der Waals surface area contributed by atoms with Gasteiger partial charge in [0, 0.05) is 6.04 Å². The molecule has 1 aliphatic carbocycles. The van der Waals surface area contributed by atoms with Crippen LogP contribution in [0.1, 0.15) is 51.9 Å². The number of carboxylic acid groups (broad SMARTS) is 1. The van der Waals surface area contributed by atoms with Gasteiger partial charge in [-0.3, -0.25) is 0 Å². The Hall–Kier alpha value is -0.840. The molecule has 3 N–H and O–H groups in total. The van der Waals surface area contributed by atoms with E-state index < -0.39 is 12.0 Å². The van der Waals surface area contributed by atoms with E-state index in [1.54, 1.807) is 0 Å². The maximum absolute atomic E-state index is 11.0. The summed E-state index contributed by atoms with van der Waals surface area (Å²) in [5.74, 6) is -0.834. The smallest absolute Gasteiger partial charge is 0.326 e. The van der Waals surface area contributed by atoms with E-state index in [2.05, 4.69) is 10.6 Å². The zero-order chi connectivity index (χ0) is 12.7. The molecule has 1 atom stereocenters. The van der Waals surface area contributed by atoms with Crippen LogP contribution in [0.2, 0.25) is 0 Å². The van der Waals surface area contributed by atoms with E-state index >= 15 is 0 Å². The van der Waals surface area contributed by atoms with Gasteiger partial charge in [0.2, 0.25) is 0 Å². The monoisotopic (exact) mass is 258 g/mol. The van der Waals surface area contributed by atoms with Crippen LogP contribution in [0.5, 0.6) is 0 Å². The summed E-state index contributed by atoms with van der Waals surface area (Å²) in [5.41, 5.74) is 0. The molecule has 4 nitrogen and oxygen atoms in total. The molecule has 0 radical (unpaired) electrons. The zero-order valence-electron chi connectivity index (χ0n) is 10.4. The minimum atomic E-state index is -0.834. The Labute approximate surface area is 108 Å². The van der Waals surface area contributed by atoms with Crippen LogP contribution in [-0.4, -0.2) is 28.3 Å². The highest BCUT2D eigenvalue weighted by Crippen LogP contribution is 2.17. The van der Waals surface area contributed by atoms with Gasteiger partial charge in [0.25, 0.3) is 0 Å². The van der Waals surface area contributed by atoms with Crippen molar-refractivity contribution in [2.24, 2.45) is 0 Å². The van der Waals surface area contributed by atoms with Crippen molar-refractivity contribution in [2.75, 3.05) is 0 Å². The number of nitrogens with one attached hydrogen (secondary N) is 2. The second kappa shape index (κ2) is 7.48. The second-order valence-electron chi connectivity index (χ2n) is 4.63. The third-order valence-electron chi connectivity index (χ3n) is 3.12. The molecule has 0 aromatic carbocycles. The highest BCUT2D eigenvalue weighted by Gasteiger charge is 2.19. The van der Waals surface area contributed by atoms with Crippen molar-refractivity contribution < 1.29 is 9.90 Å². The SMILES string of the molecule is CCCC(NC(=S)NC1CCCCC1)C(=O)O. The summed E-state index contributed by atoms with van der Waals surface area (Å²) in [6, 6.07) is -0.150. The molecule has 1 unspecified atom stereocenters. The van der Waals surface area contributed by atoms with Gasteiger partial charge in [0.15, 0.2) is 5.11 Å². The number of aliphatic carboxylic acids is 1. The molecule has 1 aliphatic rings. The minimum absolute atomic E-state index is 0.417. The Morgan fingerprint density at radius 1 is 1.41 bits per heavy atom. The molecule has 1 saturated carbocycles. The van der Waals surface area contributed by atoms with Crippen LogP contribution in [0.4, 0.5) is 0 Å². The Balaban J connectivity index is 2.33. The minimum Gasteiger partial charge on any atom is -0.480 e. The van der Waals surface area contributed by atoms with Gasteiger partial charge >= 0.3 is 5.97 Å². The third kappa shape index (κ3) is 5.35. The third-order valence-corrected chi connectivity index (χ3v) is 3.36. The highest BCUT2D eigenvalue weighted by atomic mass is 32.1. The van der Waals surface area contributed by atoms with Gasteiger partial charge in [0.05, 0.1) is 0 Å². The van der Waals surface area contributed by atoms with E-state index in [9.17, 15) is 4.79 Å². The van der Waals surface area contributed by atoms with Gasteiger partial charge in [-0.15, -0.1) is 0 Å². The van der Waals surface area contributed by atoms with Crippen LogP contribution in [-0.2, 0) is 4.79 Å². The lowest BCUT2D eigenvalue weighted by atomic mass is 9.96. The largest absolute Gasteiger partial charge is 0.480 e. The van der Waals surface area contributed by atoms with Crippen LogP contribution >= 0.6 is 12.2 Å². The van der Waals surface area contributed by atoms with Crippen molar-refractivity contribution in [3.8, 4) is 0 Å². The Morgan fingerprint density at radius 2 is 2.06 bits per heavy atom. The molecule has 0 amide bonds. The fourth-order valence-corrected chi connectivity index (χ4v) is 2.49. The molecule has 0 bridgehead atoms. The van der Waals surface area contributed by atoms with Crippen molar-refractivity contribution in [1.29, 1.82) is 0 Å². The Bertz CT molecular complexity index is 265. The van der Waals surface area contributed by atoms with Crippen LogP contribution in [0.25, 0.3) is 0 Å². The molecule has 0 spiro atoms. The standard InChI is InChI=1S/C12H22N2O2S/c1-2-6-10(11(15)16)14-12(17)13-9-7-4-3-5-8-9/h9-10H,2-8H2,1H3,(H,15,16)(H2,13,14,17). The molecular formula is C12H22N2O2S. The number of rotatable bonds is 5. The van der Waals surface area contributed by atoms with Crippen LogP contribution < -0.4 is 10.6 Å². The van der Waals surface area contributed by atoms with Gasteiger partial charge < -0.3 is 15.7 Å². The lowest BCUT2D eigenvalue weighted by Crippen LogP contribution is -2.49. The summed E-state index contributed by atoms with van der Waals surface area (Å²) in [6.07, 6.45) is 7.46. The average Bonchev–Trinajstić information content (AvgIpc) is 2.29. The maximum Gasteiger partial charge on any atom is 0.326 e. The zero-order valence-corrected chi connectivity index (χ0v) is 11.2. The summed E-state index contributed by atoms with van der Waals surface area (Å²) >= 11 is 5.16. The topological polar surface area (TPSA) is 61.4 Å². The van der Waals surface area contributed by atoms with E-state index in [1.165, 1.54) is 19.3 Å². The average molecular weight is 258 g/mol. The van der Waals surface area contributed by atoms with Gasteiger partial charge in [-0.1, -0.05) is 32.6 Å². The van der Waals surface area contributed by atoms with Gasteiger partial charge in [-0.05, 0) is 31.5 Å². The Kier molecular flexibility index (Phi) is 6.26. The number of hydrogen-bond donors (Lipinski definition) is 3. The molecular weight excluding hydrogens is 236 g/mol. The molecule has 17 heavy (non-hydrogen) atoms. The molecule has 5 heteroatoms. The van der Waals surface area contributed by atoms with E-state index in [-0.39, 0.29) is 0 Å². The van der Waals surface area contributed by atoms with Crippen molar-refractivity contribution in [2.45, 2.75) is 64.0 Å². The quantitative estimate of drug-likeness (QED) is 0.659. The first-order valence-electron chi connectivity index (χ1n) is 6.43. The molecule has 1 fully saturated rings. The molecule has 1 rings (SSSR count). The highest BCUT2D eigenvalue weighted by molar-refractivity contribution is 7.80. The molecule has 0 heterocycles. The number of carbonyl (C=O) groups is 1. The van der Waals surface area contributed by atoms with Crippen molar-refractivity contribution in [3.63, 3.8) is 0 Å². The molecule has 0 saturated heterocycles. The predicted octanol–water partition coefficient (Wildman–Crippen LogP) is 2.04. The molecule has 0 aliphatic heterocycles. The van der Waals surface area contributed by atoms with Crippen molar-refractivity contribution in [1.82, 2.24) is 10.6 Å². The van der Waals surface area contributed by atoms with Crippen LogP contribution in [0.15, 0.2) is 0 Å². The van der Waals surface area contributed by atoms with Crippen LogP contribution in [0.3, 0.4) is 0 Å². The van der Waals surface area contributed by atoms with E-state index in [4.69, 9.17) is 17.3 Å². The lowest BCUT2D eigenvalue weighted by molar-refractivity contribution is -0.139. The second-order valence-corrected chi connectivity index (χ2v) is 5.04. The van der Waals surface area contributed by atoms with Gasteiger partial charge in [0.1, 0.15) is 6.04 Å². The summed E-state index contributed by atoms with van der Waals surface area (Å²) in [4.78, 5) is 11.0. The number of carboxylic acids is 1. The van der Waals surface area contributed by atoms with Crippen molar-refractivity contribution in [3.05, 3.63) is 0 Å².